The fourth-order valence-electron chi connectivity index (χ4n) is 2.32. The lowest BCUT2D eigenvalue weighted by Gasteiger charge is -2.27. The number of aryl methyl sites for hydroxylation is 1. The SMILES string of the molecule is Cc1cccc(C(C)NCCN2CCSCC2)c1. The second-order valence-electron chi connectivity index (χ2n) is 5.04. The molecule has 0 aliphatic carbocycles. The van der Waals surface area contributed by atoms with Crippen LogP contribution in [0.2, 0.25) is 0 Å². The van der Waals surface area contributed by atoms with Gasteiger partial charge in [-0.05, 0) is 19.4 Å². The molecule has 0 aromatic heterocycles. The Kier molecular flexibility index (Phi) is 5.54. The zero-order valence-electron chi connectivity index (χ0n) is 11.5. The van der Waals surface area contributed by atoms with Crippen LogP contribution in [0.3, 0.4) is 0 Å². The van der Waals surface area contributed by atoms with Gasteiger partial charge in [-0.15, -0.1) is 0 Å². The van der Waals surface area contributed by atoms with Crippen molar-refractivity contribution in [3.8, 4) is 0 Å². The number of benzene rings is 1. The molecule has 1 heterocycles. The topological polar surface area (TPSA) is 15.3 Å². The van der Waals surface area contributed by atoms with Gasteiger partial charge in [0.1, 0.15) is 0 Å². The summed E-state index contributed by atoms with van der Waals surface area (Å²) >= 11 is 2.07. The Morgan fingerprint density at radius 2 is 2.11 bits per heavy atom. The summed E-state index contributed by atoms with van der Waals surface area (Å²) < 4.78 is 0. The standard InChI is InChI=1S/C15H24N2S/c1-13-4-3-5-15(12-13)14(2)16-6-7-17-8-10-18-11-9-17/h3-5,12,14,16H,6-11H2,1-2H3. The van der Waals surface area contributed by atoms with Crippen molar-refractivity contribution in [2.24, 2.45) is 0 Å². The molecule has 18 heavy (non-hydrogen) atoms. The van der Waals surface area contributed by atoms with Gasteiger partial charge >= 0.3 is 0 Å². The lowest BCUT2D eigenvalue weighted by molar-refractivity contribution is 0.297. The van der Waals surface area contributed by atoms with Gasteiger partial charge in [-0.3, -0.25) is 0 Å². The van der Waals surface area contributed by atoms with Crippen molar-refractivity contribution in [1.82, 2.24) is 10.2 Å². The molecule has 3 heteroatoms. The smallest absolute Gasteiger partial charge is 0.0292 e. The molecule has 1 saturated heterocycles. The fourth-order valence-corrected chi connectivity index (χ4v) is 3.30. The maximum absolute atomic E-state index is 3.62. The Labute approximate surface area is 115 Å². The summed E-state index contributed by atoms with van der Waals surface area (Å²) in [5, 5.41) is 3.62. The molecule has 1 fully saturated rings. The summed E-state index contributed by atoms with van der Waals surface area (Å²) in [6, 6.07) is 9.23. The summed E-state index contributed by atoms with van der Waals surface area (Å²) in [7, 11) is 0. The van der Waals surface area contributed by atoms with E-state index < -0.39 is 0 Å². The molecule has 1 aliphatic rings. The molecule has 0 amide bonds. The van der Waals surface area contributed by atoms with Gasteiger partial charge in [0.2, 0.25) is 0 Å². The van der Waals surface area contributed by atoms with Gasteiger partial charge in [-0.25, -0.2) is 0 Å². The third-order valence-electron chi connectivity index (χ3n) is 3.52. The molecule has 1 unspecified atom stereocenters. The van der Waals surface area contributed by atoms with Crippen molar-refractivity contribution in [3.63, 3.8) is 0 Å². The van der Waals surface area contributed by atoms with E-state index in [-0.39, 0.29) is 0 Å². The van der Waals surface area contributed by atoms with E-state index in [1.165, 1.54) is 42.3 Å². The number of nitrogens with zero attached hydrogens (tertiary/aromatic N) is 1. The summed E-state index contributed by atoms with van der Waals surface area (Å²) in [4.78, 5) is 2.56. The van der Waals surface area contributed by atoms with Crippen LogP contribution in [0.4, 0.5) is 0 Å². The van der Waals surface area contributed by atoms with Crippen LogP contribution in [0.5, 0.6) is 0 Å². The van der Waals surface area contributed by atoms with E-state index in [0.29, 0.717) is 6.04 Å². The van der Waals surface area contributed by atoms with Crippen molar-refractivity contribution in [1.29, 1.82) is 0 Å². The van der Waals surface area contributed by atoms with Gasteiger partial charge in [-0.2, -0.15) is 11.8 Å². The summed E-state index contributed by atoms with van der Waals surface area (Å²) in [6.07, 6.45) is 0. The Balaban J connectivity index is 1.72. The van der Waals surface area contributed by atoms with Crippen LogP contribution in [0.1, 0.15) is 24.1 Å². The van der Waals surface area contributed by atoms with Gasteiger partial charge < -0.3 is 10.2 Å². The van der Waals surface area contributed by atoms with E-state index in [2.05, 4.69) is 60.1 Å². The quantitative estimate of drug-likeness (QED) is 0.880. The predicted octanol–water partition coefficient (Wildman–Crippen LogP) is 2.69. The van der Waals surface area contributed by atoms with Gasteiger partial charge in [0.05, 0.1) is 0 Å². The van der Waals surface area contributed by atoms with Crippen LogP contribution in [-0.4, -0.2) is 42.6 Å². The lowest BCUT2D eigenvalue weighted by atomic mass is 10.1. The Bertz CT molecular complexity index is 361. The van der Waals surface area contributed by atoms with E-state index in [4.69, 9.17) is 0 Å². The first-order valence-electron chi connectivity index (χ1n) is 6.86. The number of hydrogen-bond acceptors (Lipinski definition) is 3. The third-order valence-corrected chi connectivity index (χ3v) is 4.47. The van der Waals surface area contributed by atoms with Crippen molar-refractivity contribution < 1.29 is 0 Å². The molecule has 2 rings (SSSR count). The van der Waals surface area contributed by atoms with E-state index >= 15 is 0 Å². The minimum atomic E-state index is 0.448. The summed E-state index contributed by atoms with van der Waals surface area (Å²) in [6.45, 7) is 9.18. The first-order chi connectivity index (χ1) is 8.75. The van der Waals surface area contributed by atoms with E-state index in [1.54, 1.807) is 0 Å². The minimum Gasteiger partial charge on any atom is -0.309 e. The largest absolute Gasteiger partial charge is 0.309 e. The Hall–Kier alpha value is -0.510. The number of hydrogen-bond donors (Lipinski definition) is 1. The normalized spacial score (nSPS) is 18.8. The molecule has 0 bridgehead atoms. The molecule has 1 aromatic rings. The molecular weight excluding hydrogens is 240 g/mol. The molecular formula is C15H24N2S. The van der Waals surface area contributed by atoms with Crippen molar-refractivity contribution in [2.45, 2.75) is 19.9 Å². The molecule has 0 radical (unpaired) electrons. The lowest BCUT2D eigenvalue weighted by Crippen LogP contribution is -2.38. The molecule has 100 valence electrons. The Morgan fingerprint density at radius 1 is 1.33 bits per heavy atom. The molecule has 1 N–H and O–H groups in total. The van der Waals surface area contributed by atoms with Crippen LogP contribution < -0.4 is 5.32 Å². The average Bonchev–Trinajstić information content (AvgIpc) is 2.40. The van der Waals surface area contributed by atoms with Crippen LogP contribution in [0.15, 0.2) is 24.3 Å². The van der Waals surface area contributed by atoms with Gasteiger partial charge in [0.25, 0.3) is 0 Å². The second-order valence-corrected chi connectivity index (χ2v) is 6.27. The zero-order chi connectivity index (χ0) is 12.8. The zero-order valence-corrected chi connectivity index (χ0v) is 12.3. The van der Waals surface area contributed by atoms with Crippen LogP contribution in [0.25, 0.3) is 0 Å². The van der Waals surface area contributed by atoms with Crippen LogP contribution in [-0.2, 0) is 0 Å². The van der Waals surface area contributed by atoms with Crippen molar-refractivity contribution in [3.05, 3.63) is 35.4 Å². The van der Waals surface area contributed by atoms with E-state index in [1.807, 2.05) is 0 Å². The van der Waals surface area contributed by atoms with E-state index in [0.717, 1.165) is 6.54 Å². The number of thioether (sulfide) groups is 1. The summed E-state index contributed by atoms with van der Waals surface area (Å²) in [5.41, 5.74) is 2.73. The minimum absolute atomic E-state index is 0.448. The van der Waals surface area contributed by atoms with Crippen LogP contribution in [0, 0.1) is 6.92 Å². The van der Waals surface area contributed by atoms with Crippen LogP contribution >= 0.6 is 11.8 Å². The molecule has 2 nitrogen and oxygen atoms in total. The first-order valence-corrected chi connectivity index (χ1v) is 8.01. The maximum atomic E-state index is 3.62. The van der Waals surface area contributed by atoms with Gasteiger partial charge in [-0.1, -0.05) is 29.8 Å². The highest BCUT2D eigenvalue weighted by atomic mass is 32.2. The summed E-state index contributed by atoms with van der Waals surface area (Å²) in [5.74, 6) is 2.60. The van der Waals surface area contributed by atoms with Crippen molar-refractivity contribution in [2.75, 3.05) is 37.7 Å². The third kappa shape index (κ3) is 4.30. The van der Waals surface area contributed by atoms with E-state index in [9.17, 15) is 0 Å². The molecule has 0 saturated carbocycles. The maximum Gasteiger partial charge on any atom is 0.0292 e. The molecule has 0 spiro atoms. The Morgan fingerprint density at radius 3 is 2.83 bits per heavy atom. The molecule has 1 aromatic carbocycles. The predicted molar refractivity (Wildman–Crippen MR) is 81.4 cm³/mol. The highest BCUT2D eigenvalue weighted by Crippen LogP contribution is 2.13. The van der Waals surface area contributed by atoms with Gasteiger partial charge in [0, 0.05) is 43.7 Å². The number of rotatable bonds is 5. The first kappa shape index (κ1) is 13.9. The fraction of sp³-hybridized carbons (Fsp3) is 0.600. The highest BCUT2D eigenvalue weighted by molar-refractivity contribution is 7.99. The molecule has 1 atom stereocenters. The highest BCUT2D eigenvalue weighted by Gasteiger charge is 2.10. The monoisotopic (exact) mass is 264 g/mol. The average molecular weight is 264 g/mol. The number of nitrogens with one attached hydrogen (secondary N) is 1. The van der Waals surface area contributed by atoms with Crippen molar-refractivity contribution >= 4 is 11.8 Å². The van der Waals surface area contributed by atoms with Gasteiger partial charge in [0.15, 0.2) is 0 Å². The molecule has 1 aliphatic heterocycles. The second kappa shape index (κ2) is 7.17.